The summed E-state index contributed by atoms with van der Waals surface area (Å²) in [6, 6.07) is 15.3. The quantitative estimate of drug-likeness (QED) is 0.711. The van der Waals surface area contributed by atoms with Gasteiger partial charge in [0.15, 0.2) is 5.78 Å². The molecule has 150 valence electrons. The van der Waals surface area contributed by atoms with Gasteiger partial charge in [0.2, 0.25) is 0 Å². The van der Waals surface area contributed by atoms with Crippen molar-refractivity contribution in [1.82, 2.24) is 0 Å². The standard InChI is InChI=1S/C11H13ClO2.C11H11ClO2/c2*12-9-3-1-8(2-4-9)11-6-5-10(13)7-14-11/h1-4,10-11,13H,5-7H2;1-4,11H,5-7H2. The summed E-state index contributed by atoms with van der Waals surface area (Å²) >= 11 is 11.6. The fraction of sp³-hybridized carbons (Fsp3) is 0.409. The van der Waals surface area contributed by atoms with Crippen LogP contribution in [0.2, 0.25) is 10.0 Å². The van der Waals surface area contributed by atoms with Crippen LogP contribution < -0.4 is 0 Å². The molecule has 0 saturated carbocycles. The minimum atomic E-state index is -0.293. The molecule has 1 N–H and O–H groups in total. The van der Waals surface area contributed by atoms with E-state index >= 15 is 0 Å². The van der Waals surface area contributed by atoms with Gasteiger partial charge in [-0.2, -0.15) is 0 Å². The second-order valence-electron chi connectivity index (χ2n) is 7.03. The Morgan fingerprint density at radius 1 is 0.786 bits per heavy atom. The molecule has 2 saturated heterocycles. The Labute approximate surface area is 175 Å². The summed E-state index contributed by atoms with van der Waals surface area (Å²) in [5.41, 5.74) is 2.24. The number of hydrogen-bond donors (Lipinski definition) is 1. The van der Waals surface area contributed by atoms with E-state index in [1.165, 1.54) is 0 Å². The Balaban J connectivity index is 0.000000161. The van der Waals surface area contributed by atoms with E-state index in [4.69, 9.17) is 32.7 Å². The molecule has 0 amide bonds. The highest BCUT2D eigenvalue weighted by Crippen LogP contribution is 2.29. The Morgan fingerprint density at radius 3 is 1.75 bits per heavy atom. The Bertz CT molecular complexity index is 743. The highest BCUT2D eigenvalue weighted by molar-refractivity contribution is 6.30. The average molecular weight is 423 g/mol. The number of rotatable bonds is 2. The smallest absolute Gasteiger partial charge is 0.158 e. The molecule has 2 aliphatic heterocycles. The first kappa shape index (κ1) is 21.3. The third-order valence-corrected chi connectivity index (χ3v) is 5.37. The monoisotopic (exact) mass is 422 g/mol. The zero-order chi connectivity index (χ0) is 19.9. The van der Waals surface area contributed by atoms with Gasteiger partial charge in [0.25, 0.3) is 0 Å². The molecule has 0 radical (unpaired) electrons. The van der Waals surface area contributed by atoms with Crippen molar-refractivity contribution in [1.29, 1.82) is 0 Å². The third-order valence-electron chi connectivity index (χ3n) is 4.87. The van der Waals surface area contributed by atoms with Gasteiger partial charge in [-0.3, -0.25) is 4.79 Å². The van der Waals surface area contributed by atoms with Crippen molar-refractivity contribution in [2.75, 3.05) is 13.2 Å². The largest absolute Gasteiger partial charge is 0.391 e. The lowest BCUT2D eigenvalue weighted by atomic mass is 10.0. The van der Waals surface area contributed by atoms with Crippen molar-refractivity contribution in [3.8, 4) is 0 Å². The van der Waals surface area contributed by atoms with E-state index in [9.17, 15) is 9.90 Å². The van der Waals surface area contributed by atoms with Gasteiger partial charge in [-0.15, -0.1) is 0 Å². The number of benzene rings is 2. The summed E-state index contributed by atoms with van der Waals surface area (Å²) in [4.78, 5) is 10.9. The SMILES string of the molecule is O=C1CCC(c2ccc(Cl)cc2)OC1.OC1CCC(c2ccc(Cl)cc2)OC1. The van der Waals surface area contributed by atoms with Gasteiger partial charge in [-0.05, 0) is 54.7 Å². The van der Waals surface area contributed by atoms with Gasteiger partial charge in [-0.25, -0.2) is 0 Å². The summed E-state index contributed by atoms with van der Waals surface area (Å²) in [5, 5.41) is 10.7. The van der Waals surface area contributed by atoms with Crippen LogP contribution in [0, 0.1) is 0 Å². The van der Waals surface area contributed by atoms with E-state index in [0.717, 1.165) is 40.4 Å². The topological polar surface area (TPSA) is 55.8 Å². The summed E-state index contributed by atoms with van der Waals surface area (Å²) in [5.74, 6) is 0.190. The second-order valence-corrected chi connectivity index (χ2v) is 7.91. The molecule has 4 rings (SSSR count). The molecule has 2 aromatic carbocycles. The lowest BCUT2D eigenvalue weighted by Crippen LogP contribution is -2.24. The maximum absolute atomic E-state index is 10.9. The van der Waals surface area contributed by atoms with Crippen LogP contribution in [-0.4, -0.2) is 30.2 Å². The number of carbonyl (C=O) groups excluding carboxylic acids is 1. The van der Waals surface area contributed by atoms with Gasteiger partial charge in [0.1, 0.15) is 6.61 Å². The lowest BCUT2D eigenvalue weighted by molar-refractivity contribution is -0.131. The average Bonchev–Trinajstić information content (AvgIpc) is 2.71. The summed E-state index contributed by atoms with van der Waals surface area (Å²) in [7, 11) is 0. The fourth-order valence-electron chi connectivity index (χ4n) is 3.26. The number of hydrogen-bond acceptors (Lipinski definition) is 4. The molecule has 28 heavy (non-hydrogen) atoms. The fourth-order valence-corrected chi connectivity index (χ4v) is 3.51. The number of halogens is 2. The molecule has 2 aromatic rings. The highest BCUT2D eigenvalue weighted by Gasteiger charge is 2.21. The van der Waals surface area contributed by atoms with Crippen LogP contribution in [-0.2, 0) is 14.3 Å². The molecule has 3 unspecified atom stereocenters. The maximum Gasteiger partial charge on any atom is 0.158 e. The number of aliphatic hydroxyl groups excluding tert-OH is 1. The molecular weight excluding hydrogens is 399 g/mol. The molecular formula is C22H24Cl2O4. The van der Waals surface area contributed by atoms with Gasteiger partial charge in [-0.1, -0.05) is 47.5 Å². The van der Waals surface area contributed by atoms with Gasteiger partial charge < -0.3 is 14.6 Å². The summed E-state index contributed by atoms with van der Waals surface area (Å²) < 4.78 is 10.9. The van der Waals surface area contributed by atoms with E-state index in [2.05, 4.69) is 0 Å². The maximum atomic E-state index is 10.9. The molecule has 0 bridgehead atoms. The van der Waals surface area contributed by atoms with Crippen LogP contribution >= 0.6 is 23.2 Å². The van der Waals surface area contributed by atoms with Gasteiger partial charge >= 0.3 is 0 Å². The Kier molecular flexibility index (Phi) is 7.89. The van der Waals surface area contributed by atoms with Crippen LogP contribution in [0.25, 0.3) is 0 Å². The van der Waals surface area contributed by atoms with Gasteiger partial charge in [0, 0.05) is 16.5 Å². The van der Waals surface area contributed by atoms with Crippen LogP contribution in [0.1, 0.15) is 49.0 Å². The third kappa shape index (κ3) is 6.29. The molecule has 4 nitrogen and oxygen atoms in total. The number of Topliss-reactive ketones (excluding diaryl/α,β-unsaturated/α-hetero) is 1. The zero-order valence-corrected chi connectivity index (χ0v) is 17.0. The molecule has 3 atom stereocenters. The van der Waals surface area contributed by atoms with Crippen LogP contribution in [0.4, 0.5) is 0 Å². The van der Waals surface area contributed by atoms with Crippen molar-refractivity contribution < 1.29 is 19.4 Å². The minimum absolute atomic E-state index is 0.0602. The normalized spacial score (nSPS) is 25.0. The first-order valence-electron chi connectivity index (χ1n) is 9.45. The highest BCUT2D eigenvalue weighted by atomic mass is 35.5. The van der Waals surface area contributed by atoms with Crippen molar-refractivity contribution in [2.45, 2.75) is 44.0 Å². The predicted molar refractivity (Wildman–Crippen MR) is 110 cm³/mol. The first-order chi connectivity index (χ1) is 13.5. The summed E-state index contributed by atoms with van der Waals surface area (Å²) in [6.07, 6.45) is 2.98. The van der Waals surface area contributed by atoms with Gasteiger partial charge in [0.05, 0.1) is 24.9 Å². The molecule has 2 aliphatic rings. The van der Waals surface area contributed by atoms with Crippen LogP contribution in [0.3, 0.4) is 0 Å². The second kappa shape index (κ2) is 10.4. The number of aliphatic hydroxyl groups is 1. The molecule has 2 fully saturated rings. The first-order valence-corrected chi connectivity index (χ1v) is 10.2. The zero-order valence-electron chi connectivity index (χ0n) is 15.5. The number of ketones is 1. The van der Waals surface area contributed by atoms with E-state index in [0.29, 0.717) is 13.0 Å². The number of carbonyl (C=O) groups is 1. The van der Waals surface area contributed by atoms with E-state index in [1.807, 2.05) is 48.5 Å². The van der Waals surface area contributed by atoms with Crippen molar-refractivity contribution in [2.24, 2.45) is 0 Å². The lowest BCUT2D eigenvalue weighted by Gasteiger charge is -2.26. The number of ether oxygens (including phenoxy) is 2. The molecule has 2 heterocycles. The minimum Gasteiger partial charge on any atom is -0.391 e. The molecule has 0 spiro atoms. The van der Waals surface area contributed by atoms with Crippen LogP contribution in [0.5, 0.6) is 0 Å². The predicted octanol–water partition coefficient (Wildman–Crippen LogP) is 5.31. The van der Waals surface area contributed by atoms with E-state index < -0.39 is 0 Å². The molecule has 6 heteroatoms. The Morgan fingerprint density at radius 2 is 1.32 bits per heavy atom. The van der Waals surface area contributed by atoms with E-state index in [-0.39, 0.29) is 30.7 Å². The summed E-state index contributed by atoms with van der Waals surface area (Å²) in [6.45, 7) is 0.681. The van der Waals surface area contributed by atoms with Crippen molar-refractivity contribution in [3.05, 3.63) is 69.7 Å². The van der Waals surface area contributed by atoms with Crippen LogP contribution in [0.15, 0.2) is 48.5 Å². The van der Waals surface area contributed by atoms with E-state index in [1.54, 1.807) is 0 Å². The molecule has 0 aromatic heterocycles. The molecule has 0 aliphatic carbocycles. The van der Waals surface area contributed by atoms with Crippen molar-refractivity contribution >= 4 is 29.0 Å². The van der Waals surface area contributed by atoms with Crippen molar-refractivity contribution in [3.63, 3.8) is 0 Å². The Hall–Kier alpha value is -1.43.